The average Bonchev–Trinajstić information content (AvgIpc) is 2.28. The SMILES string of the molecule is CC1=CCCC(C)(Cl)C(N=O)CCC(C)=CCC1. The number of alkyl halides is 1. The predicted octanol–water partition coefficient (Wildman–Crippen LogP) is 5.37. The Kier molecular flexibility index (Phi) is 6.07. The van der Waals surface area contributed by atoms with Crippen molar-refractivity contribution >= 4 is 11.6 Å². The highest BCUT2D eigenvalue weighted by molar-refractivity contribution is 6.24. The van der Waals surface area contributed by atoms with E-state index in [4.69, 9.17) is 11.6 Å². The molecule has 0 heterocycles. The molecule has 0 radical (unpaired) electrons. The van der Waals surface area contributed by atoms with Crippen molar-refractivity contribution in [3.8, 4) is 0 Å². The van der Waals surface area contributed by atoms with E-state index in [1.54, 1.807) is 0 Å². The molecular formula is C15H24ClNO. The van der Waals surface area contributed by atoms with Gasteiger partial charge in [0.1, 0.15) is 6.04 Å². The number of halogens is 1. The van der Waals surface area contributed by atoms with Crippen molar-refractivity contribution < 1.29 is 0 Å². The summed E-state index contributed by atoms with van der Waals surface area (Å²) in [5.41, 5.74) is 2.74. The summed E-state index contributed by atoms with van der Waals surface area (Å²) in [6.45, 7) is 6.23. The molecule has 3 heteroatoms. The maximum Gasteiger partial charge on any atom is 0.111 e. The molecule has 0 aliphatic heterocycles. The first-order chi connectivity index (χ1) is 8.45. The minimum absolute atomic E-state index is 0.296. The van der Waals surface area contributed by atoms with Crippen molar-refractivity contribution in [2.24, 2.45) is 5.18 Å². The molecule has 0 aromatic carbocycles. The highest BCUT2D eigenvalue weighted by atomic mass is 35.5. The largest absolute Gasteiger partial charge is 0.150 e. The molecule has 102 valence electrons. The summed E-state index contributed by atoms with van der Waals surface area (Å²) in [6.07, 6.45) is 10.1. The third-order valence-electron chi connectivity index (χ3n) is 3.79. The lowest BCUT2D eigenvalue weighted by Gasteiger charge is -2.27. The van der Waals surface area contributed by atoms with Crippen LogP contribution < -0.4 is 0 Å². The molecule has 0 bridgehead atoms. The number of nitroso groups, excluding NO2 is 1. The summed E-state index contributed by atoms with van der Waals surface area (Å²) in [5, 5.41) is 3.25. The molecule has 2 nitrogen and oxygen atoms in total. The van der Waals surface area contributed by atoms with Crippen LogP contribution in [0.3, 0.4) is 0 Å². The summed E-state index contributed by atoms with van der Waals surface area (Å²) in [7, 11) is 0. The third-order valence-corrected chi connectivity index (χ3v) is 4.23. The molecule has 0 spiro atoms. The first kappa shape index (κ1) is 15.4. The Labute approximate surface area is 115 Å². The molecule has 2 atom stereocenters. The Bertz CT molecular complexity index is 344. The fourth-order valence-corrected chi connectivity index (χ4v) is 2.60. The number of hydrogen-bond donors (Lipinski definition) is 0. The van der Waals surface area contributed by atoms with E-state index in [2.05, 4.69) is 31.2 Å². The average molecular weight is 270 g/mol. The maximum atomic E-state index is 11.0. The van der Waals surface area contributed by atoms with Gasteiger partial charge in [0.15, 0.2) is 0 Å². The molecular weight excluding hydrogens is 246 g/mol. The molecule has 0 amide bonds. The van der Waals surface area contributed by atoms with Gasteiger partial charge in [-0.15, -0.1) is 11.6 Å². The van der Waals surface area contributed by atoms with Gasteiger partial charge in [0, 0.05) is 0 Å². The monoisotopic (exact) mass is 269 g/mol. The van der Waals surface area contributed by atoms with Gasteiger partial charge in [-0.25, -0.2) is 0 Å². The smallest absolute Gasteiger partial charge is 0.111 e. The predicted molar refractivity (Wildman–Crippen MR) is 79.1 cm³/mol. The number of allylic oxidation sites excluding steroid dienone is 4. The van der Waals surface area contributed by atoms with Crippen molar-refractivity contribution in [1.82, 2.24) is 0 Å². The number of hydrogen-bond acceptors (Lipinski definition) is 2. The van der Waals surface area contributed by atoms with Crippen molar-refractivity contribution in [2.75, 3.05) is 0 Å². The van der Waals surface area contributed by atoms with Crippen LogP contribution >= 0.6 is 11.6 Å². The van der Waals surface area contributed by atoms with E-state index in [9.17, 15) is 4.91 Å². The summed E-state index contributed by atoms with van der Waals surface area (Å²) >= 11 is 6.49. The summed E-state index contributed by atoms with van der Waals surface area (Å²) in [6, 6.07) is -0.296. The Balaban J connectivity index is 2.82. The van der Waals surface area contributed by atoms with Gasteiger partial charge in [0.05, 0.1) is 4.87 Å². The van der Waals surface area contributed by atoms with Gasteiger partial charge in [0.2, 0.25) is 0 Å². The minimum atomic E-state index is -0.516. The van der Waals surface area contributed by atoms with Crippen molar-refractivity contribution in [1.29, 1.82) is 0 Å². The van der Waals surface area contributed by atoms with Crippen LogP contribution in [0.25, 0.3) is 0 Å². The quantitative estimate of drug-likeness (QED) is 0.358. The van der Waals surface area contributed by atoms with E-state index >= 15 is 0 Å². The fourth-order valence-electron chi connectivity index (χ4n) is 2.35. The zero-order chi connectivity index (χ0) is 13.6. The van der Waals surface area contributed by atoms with E-state index in [-0.39, 0.29) is 6.04 Å². The van der Waals surface area contributed by atoms with Crippen LogP contribution in [0.15, 0.2) is 28.5 Å². The Morgan fingerprint density at radius 2 is 1.83 bits per heavy atom. The number of nitrogens with zero attached hydrogens (tertiary/aromatic N) is 1. The second-order valence-electron chi connectivity index (χ2n) is 5.62. The summed E-state index contributed by atoms with van der Waals surface area (Å²) in [4.78, 5) is 10.5. The third kappa shape index (κ3) is 4.93. The normalized spacial score (nSPS) is 31.7. The lowest BCUT2D eigenvalue weighted by molar-refractivity contribution is 0.440. The molecule has 0 saturated heterocycles. The van der Waals surface area contributed by atoms with Crippen LogP contribution in [0.4, 0.5) is 0 Å². The zero-order valence-electron chi connectivity index (χ0n) is 11.7. The van der Waals surface area contributed by atoms with Gasteiger partial charge in [-0.3, -0.25) is 0 Å². The van der Waals surface area contributed by atoms with Gasteiger partial charge in [0.25, 0.3) is 0 Å². The maximum absolute atomic E-state index is 11.0. The van der Waals surface area contributed by atoms with Crippen molar-refractivity contribution in [3.05, 3.63) is 28.2 Å². The van der Waals surface area contributed by atoms with Gasteiger partial charge < -0.3 is 0 Å². The lowest BCUT2D eigenvalue weighted by atomic mass is 9.90. The second-order valence-corrected chi connectivity index (χ2v) is 6.48. The minimum Gasteiger partial charge on any atom is -0.150 e. The highest BCUT2D eigenvalue weighted by Crippen LogP contribution is 2.32. The van der Waals surface area contributed by atoms with E-state index in [0.29, 0.717) is 0 Å². The van der Waals surface area contributed by atoms with Gasteiger partial charge in [-0.05, 0) is 59.3 Å². The van der Waals surface area contributed by atoms with Gasteiger partial charge in [-0.1, -0.05) is 28.5 Å². The molecule has 1 aliphatic rings. The second kappa shape index (κ2) is 7.08. The van der Waals surface area contributed by atoms with Gasteiger partial charge >= 0.3 is 0 Å². The molecule has 0 aromatic heterocycles. The molecule has 1 rings (SSSR count). The Morgan fingerprint density at radius 3 is 2.50 bits per heavy atom. The summed E-state index contributed by atoms with van der Waals surface area (Å²) in [5.74, 6) is 0. The van der Waals surface area contributed by atoms with E-state index < -0.39 is 4.87 Å². The molecule has 0 aromatic rings. The van der Waals surface area contributed by atoms with Crippen LogP contribution in [-0.2, 0) is 0 Å². The van der Waals surface area contributed by atoms with Crippen LogP contribution in [0, 0.1) is 4.91 Å². The first-order valence-corrected chi connectivity index (χ1v) is 7.16. The molecule has 18 heavy (non-hydrogen) atoms. The molecule has 0 saturated carbocycles. The zero-order valence-corrected chi connectivity index (χ0v) is 12.5. The molecule has 0 N–H and O–H groups in total. The highest BCUT2D eigenvalue weighted by Gasteiger charge is 2.32. The van der Waals surface area contributed by atoms with Gasteiger partial charge in [-0.2, -0.15) is 4.91 Å². The first-order valence-electron chi connectivity index (χ1n) is 6.78. The fraction of sp³-hybridized carbons (Fsp3) is 0.733. The number of rotatable bonds is 1. The Hall–Kier alpha value is -0.630. The van der Waals surface area contributed by atoms with E-state index in [1.165, 1.54) is 11.1 Å². The van der Waals surface area contributed by atoms with Crippen LogP contribution in [-0.4, -0.2) is 10.9 Å². The Morgan fingerprint density at radius 1 is 1.22 bits per heavy atom. The molecule has 2 unspecified atom stereocenters. The van der Waals surface area contributed by atoms with Crippen LogP contribution in [0.2, 0.25) is 0 Å². The van der Waals surface area contributed by atoms with E-state index in [0.717, 1.165) is 38.5 Å². The lowest BCUT2D eigenvalue weighted by Crippen LogP contribution is -2.32. The van der Waals surface area contributed by atoms with Crippen molar-refractivity contribution in [3.63, 3.8) is 0 Å². The molecule has 1 aliphatic carbocycles. The topological polar surface area (TPSA) is 29.4 Å². The molecule has 0 fully saturated rings. The van der Waals surface area contributed by atoms with Crippen LogP contribution in [0.1, 0.15) is 59.3 Å². The van der Waals surface area contributed by atoms with E-state index in [1.807, 2.05) is 6.92 Å². The van der Waals surface area contributed by atoms with Crippen molar-refractivity contribution in [2.45, 2.75) is 70.2 Å². The standard InChI is InChI=1S/C15H24ClNO/c1-12-6-4-7-13(2)9-10-14(17-18)15(3,16)11-5-8-12/h7-8,14H,4-6,9-11H2,1-3H3. The van der Waals surface area contributed by atoms with Crippen LogP contribution in [0.5, 0.6) is 0 Å². The summed E-state index contributed by atoms with van der Waals surface area (Å²) < 4.78 is 0.